The van der Waals surface area contributed by atoms with Gasteiger partial charge in [-0.3, -0.25) is 9.59 Å². The molecular weight excluding hydrogens is 256 g/mol. The van der Waals surface area contributed by atoms with Crippen molar-refractivity contribution in [1.82, 2.24) is 0 Å². The van der Waals surface area contributed by atoms with Crippen LogP contribution < -0.4 is 5.73 Å². The molecule has 3 atom stereocenters. The zero-order chi connectivity index (χ0) is 14.4. The predicted molar refractivity (Wildman–Crippen MR) is 63.4 cm³/mol. The van der Waals surface area contributed by atoms with Crippen LogP contribution in [0.25, 0.3) is 0 Å². The highest BCUT2D eigenvalue weighted by Gasteiger charge is 2.32. The van der Waals surface area contributed by atoms with Gasteiger partial charge >= 0.3 is 11.9 Å². The van der Waals surface area contributed by atoms with Crippen LogP contribution in [0.5, 0.6) is 0 Å². The monoisotopic (exact) mass is 272 g/mol. The molecule has 0 saturated carbocycles. The summed E-state index contributed by atoms with van der Waals surface area (Å²) in [6, 6.07) is 0. The number of ether oxygens (including phenoxy) is 3. The summed E-state index contributed by atoms with van der Waals surface area (Å²) in [6.07, 6.45) is 0.856. The SMILES string of the molecule is CC(=O)OC[C@H]1O[C@@H](C(N)=NO)C=C[C@@H]1OC(C)=O. The zero-order valence-corrected chi connectivity index (χ0v) is 10.6. The van der Waals surface area contributed by atoms with E-state index in [4.69, 9.17) is 25.2 Å². The van der Waals surface area contributed by atoms with Gasteiger partial charge in [0.25, 0.3) is 0 Å². The summed E-state index contributed by atoms with van der Waals surface area (Å²) in [5.41, 5.74) is 5.42. The molecule has 0 fully saturated rings. The van der Waals surface area contributed by atoms with Gasteiger partial charge in [-0.05, 0) is 12.2 Å². The van der Waals surface area contributed by atoms with Gasteiger partial charge in [-0.1, -0.05) is 5.16 Å². The average molecular weight is 272 g/mol. The van der Waals surface area contributed by atoms with E-state index < -0.39 is 30.3 Å². The number of oxime groups is 1. The van der Waals surface area contributed by atoms with Gasteiger partial charge in [0.2, 0.25) is 0 Å². The molecule has 0 bridgehead atoms. The minimum atomic E-state index is -0.766. The van der Waals surface area contributed by atoms with E-state index in [0.717, 1.165) is 0 Å². The van der Waals surface area contributed by atoms with Gasteiger partial charge < -0.3 is 25.2 Å². The topological polar surface area (TPSA) is 120 Å². The Morgan fingerprint density at radius 2 is 2.05 bits per heavy atom. The molecule has 3 N–H and O–H groups in total. The van der Waals surface area contributed by atoms with E-state index in [2.05, 4.69) is 5.16 Å². The van der Waals surface area contributed by atoms with Crippen molar-refractivity contribution in [3.63, 3.8) is 0 Å². The molecular formula is C11H16N2O6. The lowest BCUT2D eigenvalue weighted by Gasteiger charge is -2.30. The Bertz CT molecular complexity index is 406. The van der Waals surface area contributed by atoms with Crippen molar-refractivity contribution in [2.75, 3.05) is 6.61 Å². The summed E-state index contributed by atoms with van der Waals surface area (Å²) >= 11 is 0. The van der Waals surface area contributed by atoms with Gasteiger partial charge in [-0.25, -0.2) is 0 Å². The lowest BCUT2D eigenvalue weighted by molar-refractivity contribution is -0.160. The predicted octanol–water partition coefficient (Wildman–Crippen LogP) is -0.449. The maximum atomic E-state index is 11.0. The van der Waals surface area contributed by atoms with Gasteiger partial charge in [0.05, 0.1) is 0 Å². The number of nitrogens with zero attached hydrogens (tertiary/aromatic N) is 1. The molecule has 0 spiro atoms. The van der Waals surface area contributed by atoms with Gasteiger partial charge in [0, 0.05) is 13.8 Å². The van der Waals surface area contributed by atoms with Gasteiger partial charge in [0.1, 0.15) is 24.9 Å². The second-order valence-electron chi connectivity index (χ2n) is 3.88. The van der Waals surface area contributed by atoms with Crippen LogP contribution in [-0.4, -0.2) is 47.9 Å². The number of rotatable bonds is 4. The maximum Gasteiger partial charge on any atom is 0.303 e. The minimum Gasteiger partial charge on any atom is -0.463 e. The fourth-order valence-corrected chi connectivity index (χ4v) is 1.51. The molecule has 1 aliphatic rings. The molecule has 0 saturated heterocycles. The molecule has 0 aliphatic carbocycles. The van der Waals surface area contributed by atoms with Crippen molar-refractivity contribution >= 4 is 17.8 Å². The highest BCUT2D eigenvalue weighted by molar-refractivity contribution is 5.86. The van der Waals surface area contributed by atoms with E-state index >= 15 is 0 Å². The largest absolute Gasteiger partial charge is 0.463 e. The second kappa shape index (κ2) is 6.74. The first-order valence-electron chi connectivity index (χ1n) is 5.55. The van der Waals surface area contributed by atoms with Gasteiger partial charge in [-0.2, -0.15) is 0 Å². The zero-order valence-electron chi connectivity index (χ0n) is 10.6. The Kier molecular flexibility index (Phi) is 5.31. The molecule has 0 aromatic carbocycles. The van der Waals surface area contributed by atoms with E-state index in [1.807, 2.05) is 0 Å². The summed E-state index contributed by atoms with van der Waals surface area (Å²) in [7, 11) is 0. The Balaban J connectivity index is 2.77. The van der Waals surface area contributed by atoms with E-state index in [9.17, 15) is 9.59 Å². The van der Waals surface area contributed by atoms with Crippen molar-refractivity contribution in [3.8, 4) is 0 Å². The number of esters is 2. The second-order valence-corrected chi connectivity index (χ2v) is 3.88. The van der Waals surface area contributed by atoms with Crippen LogP contribution in [0.1, 0.15) is 13.8 Å². The lowest BCUT2D eigenvalue weighted by Crippen LogP contribution is -2.45. The van der Waals surface area contributed by atoms with E-state index in [1.54, 1.807) is 6.08 Å². The summed E-state index contributed by atoms with van der Waals surface area (Å²) in [4.78, 5) is 21.8. The van der Waals surface area contributed by atoms with Crippen LogP contribution >= 0.6 is 0 Å². The third-order valence-electron chi connectivity index (χ3n) is 2.32. The molecule has 1 rings (SSSR count). The van der Waals surface area contributed by atoms with Crippen LogP contribution in [0.15, 0.2) is 17.3 Å². The van der Waals surface area contributed by atoms with Crippen LogP contribution in [0.4, 0.5) is 0 Å². The fourth-order valence-electron chi connectivity index (χ4n) is 1.51. The van der Waals surface area contributed by atoms with Crippen molar-refractivity contribution in [2.24, 2.45) is 10.9 Å². The first-order valence-corrected chi connectivity index (χ1v) is 5.55. The molecule has 0 aromatic rings. The van der Waals surface area contributed by atoms with Crippen molar-refractivity contribution in [3.05, 3.63) is 12.2 Å². The molecule has 106 valence electrons. The van der Waals surface area contributed by atoms with Crippen LogP contribution in [0, 0.1) is 0 Å². The first-order chi connectivity index (χ1) is 8.93. The minimum absolute atomic E-state index is 0.104. The Labute approximate surface area is 109 Å². The Morgan fingerprint density at radius 3 is 2.58 bits per heavy atom. The average Bonchev–Trinajstić information content (AvgIpc) is 2.35. The molecule has 1 heterocycles. The third kappa shape index (κ3) is 4.59. The number of carbonyl (C=O) groups excluding carboxylic acids is 2. The lowest BCUT2D eigenvalue weighted by atomic mass is 10.1. The number of nitrogens with two attached hydrogens (primary N) is 1. The molecule has 19 heavy (non-hydrogen) atoms. The number of carbonyl (C=O) groups is 2. The Hall–Kier alpha value is -2.09. The Morgan fingerprint density at radius 1 is 1.37 bits per heavy atom. The number of hydrogen-bond donors (Lipinski definition) is 2. The quantitative estimate of drug-likeness (QED) is 0.177. The standard InChI is InChI=1S/C11H16N2O6/c1-6(14)17-5-10-8(18-7(2)15)3-4-9(19-10)11(12)13-16/h3-4,8-10,16H,5H2,1-2H3,(H2,12,13)/t8-,9+,10+/m0/s1. The van der Waals surface area contributed by atoms with Gasteiger partial charge in [0.15, 0.2) is 5.84 Å². The summed E-state index contributed by atoms with van der Waals surface area (Å²) in [6.45, 7) is 2.40. The summed E-state index contributed by atoms with van der Waals surface area (Å²) in [5, 5.41) is 11.4. The van der Waals surface area contributed by atoms with E-state index in [-0.39, 0.29) is 12.4 Å². The van der Waals surface area contributed by atoms with Crippen LogP contribution in [0.2, 0.25) is 0 Å². The molecule has 0 aromatic heterocycles. The highest BCUT2D eigenvalue weighted by atomic mass is 16.6. The molecule has 8 heteroatoms. The first kappa shape index (κ1) is 15.0. The molecule has 0 radical (unpaired) electrons. The summed E-state index contributed by atoms with van der Waals surface area (Å²) in [5.74, 6) is -1.13. The van der Waals surface area contributed by atoms with Crippen molar-refractivity contribution < 1.29 is 29.0 Å². The fraction of sp³-hybridized carbons (Fsp3) is 0.545. The number of hydrogen-bond acceptors (Lipinski definition) is 7. The highest BCUT2D eigenvalue weighted by Crippen LogP contribution is 2.17. The molecule has 8 nitrogen and oxygen atoms in total. The number of amidine groups is 1. The van der Waals surface area contributed by atoms with E-state index in [0.29, 0.717) is 0 Å². The van der Waals surface area contributed by atoms with Crippen molar-refractivity contribution in [1.29, 1.82) is 0 Å². The van der Waals surface area contributed by atoms with Crippen molar-refractivity contribution in [2.45, 2.75) is 32.2 Å². The third-order valence-corrected chi connectivity index (χ3v) is 2.32. The van der Waals surface area contributed by atoms with E-state index in [1.165, 1.54) is 19.9 Å². The molecule has 0 unspecified atom stereocenters. The van der Waals surface area contributed by atoms with Crippen LogP contribution in [0.3, 0.4) is 0 Å². The molecule has 0 amide bonds. The van der Waals surface area contributed by atoms with Gasteiger partial charge in [-0.15, -0.1) is 0 Å². The maximum absolute atomic E-state index is 11.0. The normalized spacial score (nSPS) is 26.8. The summed E-state index contributed by atoms with van der Waals surface area (Å²) < 4.78 is 15.3. The molecule has 1 aliphatic heterocycles. The smallest absolute Gasteiger partial charge is 0.303 e. The van der Waals surface area contributed by atoms with Crippen LogP contribution in [-0.2, 0) is 23.8 Å².